The predicted molar refractivity (Wildman–Crippen MR) is 169 cm³/mol. The second kappa shape index (κ2) is 17.9. The normalized spacial score (nSPS) is 22.5. The fraction of sp³-hybridized carbons (Fsp3) is 0.515. The molecule has 1 aromatic rings. The van der Waals surface area contributed by atoms with Crippen LogP contribution < -0.4 is 16.0 Å². The number of carbonyl (C=O) groups is 3. The Balaban J connectivity index is 1.51. The zero-order valence-corrected chi connectivity index (χ0v) is 25.9. The molecule has 44 heavy (non-hydrogen) atoms. The fourth-order valence-corrected chi connectivity index (χ4v) is 5.44. The van der Waals surface area contributed by atoms with Crippen LogP contribution in [0.25, 0.3) is 0 Å². The Bertz CT molecular complexity index is 1190. The molecule has 2 amide bonds. The number of hydrogen-bond acceptors (Lipinski definition) is 8. The van der Waals surface area contributed by atoms with E-state index in [1.54, 1.807) is 6.20 Å². The minimum Gasteiger partial charge on any atom is -0.480 e. The molecule has 0 radical (unpaired) electrons. The van der Waals surface area contributed by atoms with Gasteiger partial charge in [-0.2, -0.15) is 0 Å². The second-order valence-electron chi connectivity index (χ2n) is 11.4. The number of allylic oxidation sites excluding steroid dienone is 3. The predicted octanol–water partition coefficient (Wildman–Crippen LogP) is 3.64. The van der Waals surface area contributed by atoms with Crippen molar-refractivity contribution in [1.82, 2.24) is 20.5 Å². The van der Waals surface area contributed by atoms with Crippen LogP contribution in [0.15, 0.2) is 73.3 Å². The lowest BCUT2D eigenvalue weighted by molar-refractivity contribution is -0.143. The highest BCUT2D eigenvalue weighted by atomic mass is 16.5. The van der Waals surface area contributed by atoms with Crippen molar-refractivity contribution in [1.29, 1.82) is 0 Å². The molecule has 1 aliphatic heterocycles. The molecular formula is C33H47N5O6. The molecule has 11 nitrogen and oxygen atoms in total. The molecule has 5 atom stereocenters. The van der Waals surface area contributed by atoms with Crippen molar-refractivity contribution >= 4 is 23.6 Å². The molecule has 4 N–H and O–H groups in total. The van der Waals surface area contributed by atoms with Gasteiger partial charge in [-0.1, -0.05) is 56.7 Å². The van der Waals surface area contributed by atoms with Gasteiger partial charge in [0.1, 0.15) is 25.1 Å². The highest BCUT2D eigenvalue weighted by Crippen LogP contribution is 2.29. The van der Waals surface area contributed by atoms with Crippen molar-refractivity contribution in [3.63, 3.8) is 0 Å². The SMILES string of the molecule is C=C(/C=C\C=C/C)COC(=C)N1C[C@H](OCC(=O)NCC(NC(=O)C2CCCCC2C)C(=O)O)C[C@H]1CNc1ccccn1. The third-order valence-electron chi connectivity index (χ3n) is 7.96. The third-order valence-corrected chi connectivity index (χ3v) is 7.96. The lowest BCUT2D eigenvalue weighted by atomic mass is 9.80. The molecule has 240 valence electrons. The van der Waals surface area contributed by atoms with Crippen LogP contribution in [0, 0.1) is 11.8 Å². The number of nitrogens with one attached hydrogen (secondary N) is 3. The van der Waals surface area contributed by atoms with E-state index >= 15 is 0 Å². The number of rotatable bonds is 17. The molecule has 3 rings (SSSR count). The maximum atomic E-state index is 12.7. The minimum absolute atomic E-state index is 0.0434. The van der Waals surface area contributed by atoms with Crippen LogP contribution in [-0.2, 0) is 23.9 Å². The molecule has 2 fully saturated rings. The van der Waals surface area contributed by atoms with Crippen molar-refractivity contribution in [2.24, 2.45) is 11.8 Å². The number of nitrogens with zero attached hydrogens (tertiary/aromatic N) is 2. The smallest absolute Gasteiger partial charge is 0.328 e. The van der Waals surface area contributed by atoms with Gasteiger partial charge in [0.2, 0.25) is 11.8 Å². The summed E-state index contributed by atoms with van der Waals surface area (Å²) >= 11 is 0. The Morgan fingerprint density at radius 3 is 2.68 bits per heavy atom. The number of carboxylic acids is 1. The number of carboxylic acid groups (broad SMARTS) is 1. The van der Waals surface area contributed by atoms with E-state index in [0.29, 0.717) is 25.4 Å². The second-order valence-corrected chi connectivity index (χ2v) is 11.4. The van der Waals surface area contributed by atoms with Gasteiger partial charge in [0.25, 0.3) is 0 Å². The Kier molecular flexibility index (Phi) is 14.0. The summed E-state index contributed by atoms with van der Waals surface area (Å²) in [6.45, 7) is 12.9. The summed E-state index contributed by atoms with van der Waals surface area (Å²) in [5.74, 6) is -0.721. The van der Waals surface area contributed by atoms with Crippen molar-refractivity contribution in [2.45, 2.75) is 64.1 Å². The third kappa shape index (κ3) is 11.2. The summed E-state index contributed by atoms with van der Waals surface area (Å²) in [7, 11) is 0. The van der Waals surface area contributed by atoms with Gasteiger partial charge in [-0.3, -0.25) is 9.59 Å². The zero-order chi connectivity index (χ0) is 31.9. The number of pyridine rings is 1. The first-order chi connectivity index (χ1) is 21.2. The van der Waals surface area contributed by atoms with Crippen LogP contribution in [0.3, 0.4) is 0 Å². The van der Waals surface area contributed by atoms with Gasteiger partial charge in [-0.25, -0.2) is 9.78 Å². The highest BCUT2D eigenvalue weighted by molar-refractivity contribution is 5.86. The summed E-state index contributed by atoms with van der Waals surface area (Å²) in [6.07, 6.45) is 13.4. The largest absolute Gasteiger partial charge is 0.480 e. The van der Waals surface area contributed by atoms with E-state index in [1.807, 2.05) is 61.3 Å². The van der Waals surface area contributed by atoms with Crippen LogP contribution >= 0.6 is 0 Å². The van der Waals surface area contributed by atoms with Crippen LogP contribution in [0.1, 0.15) is 46.0 Å². The van der Waals surface area contributed by atoms with Crippen molar-refractivity contribution in [3.8, 4) is 0 Å². The lowest BCUT2D eigenvalue weighted by Crippen LogP contribution is -2.51. The summed E-state index contributed by atoms with van der Waals surface area (Å²) in [6, 6.07) is 4.37. The molecule has 1 aliphatic carbocycles. The van der Waals surface area contributed by atoms with E-state index in [9.17, 15) is 19.5 Å². The maximum Gasteiger partial charge on any atom is 0.328 e. The number of aromatic nitrogens is 1. The molecule has 0 spiro atoms. The molecule has 2 aliphatic rings. The fourth-order valence-electron chi connectivity index (χ4n) is 5.44. The van der Waals surface area contributed by atoms with Gasteiger partial charge in [0.05, 0.1) is 12.1 Å². The van der Waals surface area contributed by atoms with Gasteiger partial charge < -0.3 is 35.4 Å². The topological polar surface area (TPSA) is 142 Å². The van der Waals surface area contributed by atoms with E-state index in [0.717, 1.165) is 37.1 Å². The number of aliphatic carboxylic acids is 1. The van der Waals surface area contributed by atoms with Gasteiger partial charge in [-0.05, 0) is 56.4 Å². The molecule has 3 unspecified atom stereocenters. The Hall–Kier alpha value is -4.12. The van der Waals surface area contributed by atoms with E-state index in [2.05, 4.69) is 34.1 Å². The molecule has 1 saturated heterocycles. The average Bonchev–Trinajstić information content (AvgIpc) is 3.43. The number of hydrogen-bond donors (Lipinski definition) is 4. The van der Waals surface area contributed by atoms with Gasteiger partial charge >= 0.3 is 5.97 Å². The number of ether oxygens (including phenoxy) is 2. The zero-order valence-electron chi connectivity index (χ0n) is 25.9. The standard InChI is InChI=1S/C33H47N5O6/c1-5-6-7-12-23(2)21-43-25(4)38-20-27(17-26(38)18-35-30-15-10-11-16-34-30)44-22-31(39)36-19-29(33(41)42)37-32(40)28-14-9-8-13-24(28)3/h5-7,10-12,15-16,24,26-29H,2,4,8-9,13-14,17-22H2,1,3H3,(H,34,35)(H,36,39)(H,37,40)(H,41,42)/b6-5-,12-7-/t24?,26-,27+,28?,29?/m0/s1. The van der Waals surface area contributed by atoms with Crippen LogP contribution in [0.2, 0.25) is 0 Å². The van der Waals surface area contributed by atoms with Gasteiger partial charge in [0, 0.05) is 31.7 Å². The monoisotopic (exact) mass is 609 g/mol. The Morgan fingerprint density at radius 2 is 1.98 bits per heavy atom. The number of anilines is 1. The van der Waals surface area contributed by atoms with Gasteiger partial charge in [0.15, 0.2) is 5.88 Å². The van der Waals surface area contributed by atoms with Crippen LogP contribution in [-0.4, -0.2) is 83.8 Å². The van der Waals surface area contributed by atoms with Crippen LogP contribution in [0.4, 0.5) is 5.82 Å². The number of amides is 2. The first kappa shape index (κ1) is 34.4. The van der Waals surface area contributed by atoms with E-state index in [-0.39, 0.29) is 49.6 Å². The lowest BCUT2D eigenvalue weighted by Gasteiger charge is -2.28. The van der Waals surface area contributed by atoms with Gasteiger partial charge in [-0.15, -0.1) is 0 Å². The van der Waals surface area contributed by atoms with Crippen molar-refractivity contribution < 1.29 is 29.0 Å². The summed E-state index contributed by atoms with van der Waals surface area (Å²) < 4.78 is 11.9. The van der Waals surface area contributed by atoms with Crippen molar-refractivity contribution in [3.05, 3.63) is 73.3 Å². The van der Waals surface area contributed by atoms with Crippen molar-refractivity contribution in [2.75, 3.05) is 38.2 Å². The quantitative estimate of drug-likeness (QED) is 0.154. The summed E-state index contributed by atoms with van der Waals surface area (Å²) in [5, 5.41) is 18.2. The van der Waals surface area contributed by atoms with Crippen LogP contribution in [0.5, 0.6) is 0 Å². The minimum atomic E-state index is -1.22. The summed E-state index contributed by atoms with van der Waals surface area (Å²) in [4.78, 5) is 43.5. The molecule has 1 aromatic heterocycles. The molecule has 0 aromatic carbocycles. The van der Waals surface area contributed by atoms with E-state index in [4.69, 9.17) is 9.47 Å². The molecule has 2 heterocycles. The molecule has 11 heteroatoms. The average molecular weight is 610 g/mol. The summed E-state index contributed by atoms with van der Waals surface area (Å²) in [5.41, 5.74) is 0.792. The number of likely N-dealkylation sites (tertiary alicyclic amines) is 1. The molecular weight excluding hydrogens is 562 g/mol. The first-order valence-electron chi connectivity index (χ1n) is 15.3. The Labute approximate surface area is 260 Å². The van der Waals surface area contributed by atoms with E-state index in [1.165, 1.54) is 0 Å². The Morgan fingerprint density at radius 1 is 1.18 bits per heavy atom. The first-order valence-corrected chi connectivity index (χ1v) is 15.3. The van der Waals surface area contributed by atoms with E-state index < -0.39 is 17.9 Å². The number of carbonyl (C=O) groups excluding carboxylic acids is 2. The maximum absolute atomic E-state index is 12.7. The molecule has 0 bridgehead atoms. The highest BCUT2D eigenvalue weighted by Gasteiger charge is 2.35. The molecule has 1 saturated carbocycles.